The summed E-state index contributed by atoms with van der Waals surface area (Å²) in [5.41, 5.74) is 3.82. The molecule has 3 atom stereocenters. The van der Waals surface area contributed by atoms with Crippen LogP contribution in [-0.2, 0) is 4.79 Å². The second-order valence-corrected chi connectivity index (χ2v) is 9.42. The molecule has 3 N–H and O–H groups in total. The Morgan fingerprint density at radius 1 is 1.20 bits per heavy atom. The molecule has 0 spiro atoms. The number of aliphatic imine (C=N–C) groups is 1. The van der Waals surface area contributed by atoms with Gasteiger partial charge in [0.05, 0.1) is 24.8 Å². The van der Waals surface area contributed by atoms with Crippen LogP contribution >= 0.6 is 0 Å². The van der Waals surface area contributed by atoms with E-state index in [1.807, 2.05) is 42.5 Å². The van der Waals surface area contributed by atoms with E-state index in [0.29, 0.717) is 5.92 Å². The first-order valence-corrected chi connectivity index (χ1v) is 12.5. The summed E-state index contributed by atoms with van der Waals surface area (Å²) < 4.78 is 5.40. The number of rotatable bonds is 7. The van der Waals surface area contributed by atoms with E-state index < -0.39 is 0 Å². The van der Waals surface area contributed by atoms with Crippen LogP contribution in [0.2, 0.25) is 0 Å². The summed E-state index contributed by atoms with van der Waals surface area (Å²) in [6.07, 6.45) is 9.36. The van der Waals surface area contributed by atoms with Crippen LogP contribution in [0.3, 0.4) is 0 Å². The number of hydrogen-bond acceptors (Lipinski definition) is 5. The molecule has 2 aliphatic rings. The van der Waals surface area contributed by atoms with Crippen LogP contribution in [0.4, 0.5) is 5.69 Å². The van der Waals surface area contributed by atoms with Crippen LogP contribution in [0.15, 0.2) is 77.6 Å². The number of benzene rings is 2. The van der Waals surface area contributed by atoms with E-state index in [1.165, 1.54) is 0 Å². The quantitative estimate of drug-likeness (QED) is 0.517. The van der Waals surface area contributed by atoms with E-state index >= 15 is 0 Å². The Labute approximate surface area is 208 Å². The number of methoxy groups -OCH3 is 1. The number of hydrogen-bond donors (Lipinski definition) is 3. The fourth-order valence-corrected chi connectivity index (χ4v) is 4.47. The van der Waals surface area contributed by atoms with Crippen LogP contribution in [0.5, 0.6) is 5.75 Å². The SMILES string of the molecule is COc1cccc(C2=N/C(N[C@@H](C)c3cccc(NC(=O)C4CCCNC4)c3)=C\C(C)CC=C2)c1. The van der Waals surface area contributed by atoms with Gasteiger partial charge in [0.25, 0.3) is 0 Å². The molecular weight excluding hydrogens is 436 g/mol. The Bertz CT molecular complexity index is 1120. The average Bonchev–Trinajstić information content (AvgIpc) is 2.87. The molecule has 2 aromatic carbocycles. The van der Waals surface area contributed by atoms with Crippen molar-refractivity contribution in [2.24, 2.45) is 16.8 Å². The molecule has 4 rings (SSSR count). The number of anilines is 1. The molecule has 2 heterocycles. The van der Waals surface area contributed by atoms with Gasteiger partial charge in [-0.2, -0.15) is 0 Å². The molecule has 1 amide bonds. The van der Waals surface area contributed by atoms with Crippen LogP contribution < -0.4 is 20.7 Å². The molecule has 184 valence electrons. The van der Waals surface area contributed by atoms with Gasteiger partial charge < -0.3 is 20.7 Å². The van der Waals surface area contributed by atoms with Crippen molar-refractivity contribution in [1.29, 1.82) is 0 Å². The van der Waals surface area contributed by atoms with Gasteiger partial charge in [-0.3, -0.25) is 4.79 Å². The largest absolute Gasteiger partial charge is 0.497 e. The van der Waals surface area contributed by atoms with Crippen molar-refractivity contribution in [3.8, 4) is 5.75 Å². The zero-order valence-corrected chi connectivity index (χ0v) is 20.9. The third-order valence-corrected chi connectivity index (χ3v) is 6.52. The number of carbonyl (C=O) groups excluding carboxylic acids is 1. The van der Waals surface area contributed by atoms with Gasteiger partial charge >= 0.3 is 0 Å². The van der Waals surface area contributed by atoms with Crippen molar-refractivity contribution < 1.29 is 9.53 Å². The number of allylic oxidation sites excluding steroid dienone is 3. The highest BCUT2D eigenvalue weighted by Gasteiger charge is 2.21. The smallest absolute Gasteiger partial charge is 0.228 e. The molecule has 0 saturated carbocycles. The van der Waals surface area contributed by atoms with Crippen LogP contribution in [-0.4, -0.2) is 31.8 Å². The van der Waals surface area contributed by atoms with E-state index in [4.69, 9.17) is 9.73 Å². The Morgan fingerprint density at radius 2 is 2.06 bits per heavy atom. The maximum absolute atomic E-state index is 12.7. The van der Waals surface area contributed by atoms with Crippen molar-refractivity contribution in [1.82, 2.24) is 10.6 Å². The van der Waals surface area contributed by atoms with Gasteiger partial charge in [0, 0.05) is 17.8 Å². The van der Waals surface area contributed by atoms with Crippen LogP contribution in [0.25, 0.3) is 0 Å². The molecule has 2 aromatic rings. The van der Waals surface area contributed by atoms with E-state index in [2.05, 4.69) is 54.1 Å². The lowest BCUT2D eigenvalue weighted by molar-refractivity contribution is -0.120. The van der Waals surface area contributed by atoms with Gasteiger partial charge in [0.2, 0.25) is 5.91 Å². The minimum Gasteiger partial charge on any atom is -0.497 e. The zero-order chi connectivity index (χ0) is 24.6. The maximum Gasteiger partial charge on any atom is 0.228 e. The molecular formula is C29H36N4O2. The molecule has 0 radical (unpaired) electrons. The molecule has 6 nitrogen and oxygen atoms in total. The van der Waals surface area contributed by atoms with Crippen molar-refractivity contribution in [3.63, 3.8) is 0 Å². The lowest BCUT2D eigenvalue weighted by Gasteiger charge is -2.22. The van der Waals surface area contributed by atoms with Gasteiger partial charge in [-0.15, -0.1) is 0 Å². The molecule has 1 saturated heterocycles. The molecule has 2 unspecified atom stereocenters. The second kappa shape index (κ2) is 11.8. The lowest BCUT2D eigenvalue weighted by Crippen LogP contribution is -2.37. The van der Waals surface area contributed by atoms with Crippen molar-refractivity contribution >= 4 is 17.3 Å². The first-order chi connectivity index (χ1) is 17.0. The van der Waals surface area contributed by atoms with Gasteiger partial charge in [0.1, 0.15) is 11.6 Å². The zero-order valence-electron chi connectivity index (χ0n) is 20.9. The summed E-state index contributed by atoms with van der Waals surface area (Å²) in [5.74, 6) is 2.14. The number of nitrogens with one attached hydrogen (secondary N) is 3. The van der Waals surface area contributed by atoms with Crippen LogP contribution in [0, 0.1) is 11.8 Å². The molecule has 6 heteroatoms. The number of amides is 1. The summed E-state index contributed by atoms with van der Waals surface area (Å²) in [6.45, 7) is 6.05. The summed E-state index contributed by atoms with van der Waals surface area (Å²) in [6, 6.07) is 16.0. The Hall–Kier alpha value is -3.38. The first kappa shape index (κ1) is 24.7. The lowest BCUT2D eigenvalue weighted by atomic mass is 9.98. The van der Waals surface area contributed by atoms with Crippen molar-refractivity contribution in [3.05, 3.63) is 83.7 Å². The van der Waals surface area contributed by atoms with Crippen molar-refractivity contribution in [2.75, 3.05) is 25.5 Å². The first-order valence-electron chi connectivity index (χ1n) is 12.5. The highest BCUT2D eigenvalue weighted by Crippen LogP contribution is 2.23. The fourth-order valence-electron chi connectivity index (χ4n) is 4.47. The number of carbonyl (C=O) groups is 1. The van der Waals surface area contributed by atoms with Gasteiger partial charge in [-0.05, 0) is 80.6 Å². The van der Waals surface area contributed by atoms with Crippen molar-refractivity contribution in [2.45, 2.75) is 39.2 Å². The average molecular weight is 473 g/mol. The molecule has 0 aromatic heterocycles. The minimum atomic E-state index is 0.0142. The summed E-state index contributed by atoms with van der Waals surface area (Å²) in [4.78, 5) is 17.7. The number of piperidine rings is 1. The number of nitrogens with zero attached hydrogens (tertiary/aromatic N) is 1. The molecule has 35 heavy (non-hydrogen) atoms. The normalized spacial score (nSPS) is 22.6. The molecule has 2 aliphatic heterocycles. The van der Waals surface area contributed by atoms with E-state index in [1.54, 1.807) is 7.11 Å². The maximum atomic E-state index is 12.7. The summed E-state index contributed by atoms with van der Waals surface area (Å²) >= 11 is 0. The third kappa shape index (κ3) is 6.83. The van der Waals surface area contributed by atoms with Gasteiger partial charge in [-0.25, -0.2) is 4.99 Å². The highest BCUT2D eigenvalue weighted by molar-refractivity contribution is 6.09. The predicted octanol–water partition coefficient (Wildman–Crippen LogP) is 5.21. The predicted molar refractivity (Wildman–Crippen MR) is 143 cm³/mol. The fraction of sp³-hybridized carbons (Fsp3) is 0.379. The van der Waals surface area contributed by atoms with Gasteiger partial charge in [-0.1, -0.05) is 37.3 Å². The highest BCUT2D eigenvalue weighted by atomic mass is 16.5. The van der Waals surface area contributed by atoms with E-state index in [-0.39, 0.29) is 17.9 Å². The Balaban J connectivity index is 1.50. The minimum absolute atomic E-state index is 0.0142. The Morgan fingerprint density at radius 3 is 2.86 bits per heavy atom. The van der Waals surface area contributed by atoms with Crippen LogP contribution in [0.1, 0.15) is 50.3 Å². The molecule has 1 fully saturated rings. The number of ether oxygens (including phenoxy) is 1. The standard InChI is InChI=1S/C29H36N4O2/c1-20-8-4-14-27(23-10-6-13-26(18-23)35-3)33-28(16-20)31-21(2)22-9-5-12-25(17-22)32-29(34)24-11-7-15-30-19-24/h4-6,9-10,12-14,16-18,20-21,24,30-31H,7-8,11,15,19H2,1-3H3,(H,32,34)/b14-4?,28-16-,33-27?/t20?,21-,24?/m0/s1. The summed E-state index contributed by atoms with van der Waals surface area (Å²) in [5, 5.41) is 10.0. The Kier molecular flexibility index (Phi) is 8.37. The monoisotopic (exact) mass is 472 g/mol. The second-order valence-electron chi connectivity index (χ2n) is 9.42. The topological polar surface area (TPSA) is 74.8 Å². The molecule has 0 aliphatic carbocycles. The molecule has 0 bridgehead atoms. The third-order valence-electron chi connectivity index (χ3n) is 6.52. The van der Waals surface area contributed by atoms with E-state index in [9.17, 15) is 4.79 Å². The van der Waals surface area contributed by atoms with E-state index in [0.717, 1.165) is 66.4 Å². The summed E-state index contributed by atoms with van der Waals surface area (Å²) in [7, 11) is 1.67. The van der Waals surface area contributed by atoms with Gasteiger partial charge in [0.15, 0.2) is 0 Å².